The SMILES string of the molecule is CN(C)C/C=C/C(=O)Nc1ccc(C(=O)N[C@H]2CCC[C@@H](Nc3ccc(Cl)c(-c4c[nH]c5ccccc45)c3)C2)nc1. The van der Waals surface area contributed by atoms with Gasteiger partial charge in [-0.25, -0.2) is 4.98 Å². The van der Waals surface area contributed by atoms with Crippen LogP contribution in [0.3, 0.4) is 0 Å². The first-order valence-corrected chi connectivity index (χ1v) is 14.3. The van der Waals surface area contributed by atoms with Gasteiger partial charge >= 0.3 is 0 Å². The Bertz CT molecular complexity index is 1550. The van der Waals surface area contributed by atoms with Gasteiger partial charge in [0.25, 0.3) is 5.91 Å². The topological polar surface area (TPSA) is 102 Å². The molecule has 5 rings (SSSR count). The zero-order valence-electron chi connectivity index (χ0n) is 23.3. The van der Waals surface area contributed by atoms with Crippen LogP contribution in [0.15, 0.2) is 79.1 Å². The standard InChI is InChI=1S/C32H35ClN6O2/c1-39(2)16-6-11-31(40)37-24-13-15-30(34-19-24)32(41)38-22-8-5-7-21(17-22)36-23-12-14-28(33)26(18-23)27-20-35-29-10-4-3-9-25(27)29/h3-4,6,9-15,18-22,35-36H,5,7-8,16-17H2,1-2H3,(H,37,40)(H,38,41)/b11-6+/t21-,22+/m1/s1. The van der Waals surface area contributed by atoms with Crippen LogP contribution in [0.1, 0.15) is 36.2 Å². The van der Waals surface area contributed by atoms with E-state index in [9.17, 15) is 9.59 Å². The van der Waals surface area contributed by atoms with Crippen molar-refractivity contribution in [1.82, 2.24) is 20.2 Å². The van der Waals surface area contributed by atoms with Gasteiger partial charge in [0.1, 0.15) is 5.69 Å². The molecular formula is C32H35ClN6O2. The molecule has 0 aliphatic heterocycles. The second kappa shape index (κ2) is 13.0. The minimum absolute atomic E-state index is 0.0390. The van der Waals surface area contributed by atoms with Crippen molar-refractivity contribution in [2.45, 2.75) is 37.8 Å². The van der Waals surface area contributed by atoms with E-state index in [2.05, 4.69) is 44.1 Å². The predicted molar refractivity (Wildman–Crippen MR) is 166 cm³/mol. The number of hydrogen-bond acceptors (Lipinski definition) is 5. The van der Waals surface area contributed by atoms with Crippen LogP contribution in [0.2, 0.25) is 5.02 Å². The summed E-state index contributed by atoms with van der Waals surface area (Å²) in [4.78, 5) is 34.5. The zero-order chi connectivity index (χ0) is 28.8. The number of aromatic nitrogens is 2. The van der Waals surface area contributed by atoms with Crippen LogP contribution in [0.25, 0.3) is 22.0 Å². The Morgan fingerprint density at radius 1 is 1.05 bits per heavy atom. The largest absolute Gasteiger partial charge is 0.382 e. The average Bonchev–Trinajstić information content (AvgIpc) is 3.38. The molecule has 8 nitrogen and oxygen atoms in total. The number of para-hydroxylation sites is 1. The highest BCUT2D eigenvalue weighted by Gasteiger charge is 2.24. The van der Waals surface area contributed by atoms with Gasteiger partial charge in [-0.15, -0.1) is 0 Å². The maximum atomic E-state index is 12.9. The summed E-state index contributed by atoms with van der Waals surface area (Å²) < 4.78 is 0. The van der Waals surface area contributed by atoms with E-state index in [1.165, 1.54) is 12.3 Å². The van der Waals surface area contributed by atoms with Crippen molar-refractivity contribution in [3.63, 3.8) is 0 Å². The highest BCUT2D eigenvalue weighted by Crippen LogP contribution is 2.36. The smallest absolute Gasteiger partial charge is 0.270 e. The number of rotatable bonds is 9. The Kier molecular flexibility index (Phi) is 9.01. The molecule has 4 N–H and O–H groups in total. The van der Waals surface area contributed by atoms with E-state index in [4.69, 9.17) is 11.6 Å². The quantitative estimate of drug-likeness (QED) is 0.182. The molecule has 212 valence electrons. The van der Waals surface area contributed by atoms with Crippen molar-refractivity contribution in [2.24, 2.45) is 0 Å². The highest BCUT2D eigenvalue weighted by atomic mass is 35.5. The number of pyridine rings is 1. The second-order valence-electron chi connectivity index (χ2n) is 10.7. The summed E-state index contributed by atoms with van der Waals surface area (Å²) in [5.41, 5.74) is 4.99. The van der Waals surface area contributed by atoms with E-state index in [1.807, 2.05) is 49.5 Å². The van der Waals surface area contributed by atoms with Crippen LogP contribution < -0.4 is 16.0 Å². The van der Waals surface area contributed by atoms with Crippen LogP contribution in [0.4, 0.5) is 11.4 Å². The molecule has 1 saturated carbocycles. The van der Waals surface area contributed by atoms with E-state index >= 15 is 0 Å². The maximum absolute atomic E-state index is 12.9. The first-order valence-electron chi connectivity index (χ1n) is 13.9. The molecule has 0 bridgehead atoms. The fraction of sp³-hybridized carbons (Fsp3) is 0.281. The molecule has 4 aromatic rings. The van der Waals surface area contributed by atoms with E-state index < -0.39 is 0 Å². The molecule has 0 radical (unpaired) electrons. The molecule has 41 heavy (non-hydrogen) atoms. The number of likely N-dealkylation sites (N-methyl/N-ethyl adjacent to an activating group) is 1. The maximum Gasteiger partial charge on any atom is 0.270 e. The van der Waals surface area contributed by atoms with Gasteiger partial charge in [0, 0.05) is 63.6 Å². The summed E-state index contributed by atoms with van der Waals surface area (Å²) in [6.45, 7) is 0.675. The molecule has 0 unspecified atom stereocenters. The van der Waals surface area contributed by atoms with Crippen LogP contribution in [-0.2, 0) is 4.79 Å². The van der Waals surface area contributed by atoms with E-state index in [-0.39, 0.29) is 23.9 Å². The number of nitrogens with one attached hydrogen (secondary N) is 4. The van der Waals surface area contributed by atoms with Crippen molar-refractivity contribution in [2.75, 3.05) is 31.3 Å². The van der Waals surface area contributed by atoms with Crippen LogP contribution >= 0.6 is 11.6 Å². The lowest BCUT2D eigenvalue weighted by Crippen LogP contribution is -2.42. The Balaban J connectivity index is 1.17. The average molecular weight is 571 g/mol. The molecule has 2 atom stereocenters. The van der Waals surface area contributed by atoms with E-state index in [0.717, 1.165) is 53.4 Å². The number of H-pyrrole nitrogens is 1. The first kappa shape index (κ1) is 28.4. The van der Waals surface area contributed by atoms with Crippen LogP contribution in [0, 0.1) is 0 Å². The molecule has 0 spiro atoms. The molecule has 2 aromatic heterocycles. The number of amides is 2. The fourth-order valence-corrected chi connectivity index (χ4v) is 5.44. The number of benzene rings is 2. The molecule has 1 aliphatic carbocycles. The number of carbonyl (C=O) groups is 2. The van der Waals surface area contributed by atoms with Gasteiger partial charge in [0.05, 0.1) is 11.9 Å². The number of fused-ring (bicyclic) bond motifs is 1. The summed E-state index contributed by atoms with van der Waals surface area (Å²) in [7, 11) is 3.86. The fourth-order valence-electron chi connectivity index (χ4n) is 5.22. The zero-order valence-corrected chi connectivity index (χ0v) is 24.0. The molecule has 2 aromatic carbocycles. The number of carbonyl (C=O) groups excluding carboxylic acids is 2. The molecule has 9 heteroatoms. The summed E-state index contributed by atoms with van der Waals surface area (Å²) in [6, 6.07) is 17.8. The Morgan fingerprint density at radius 3 is 2.66 bits per heavy atom. The van der Waals surface area contributed by atoms with Crippen molar-refractivity contribution >= 4 is 45.7 Å². The predicted octanol–water partition coefficient (Wildman–Crippen LogP) is 6.09. The lowest BCUT2D eigenvalue weighted by molar-refractivity contribution is -0.111. The summed E-state index contributed by atoms with van der Waals surface area (Å²) in [5.74, 6) is -0.451. The van der Waals surface area contributed by atoms with Gasteiger partial charge in [-0.05, 0) is 76.2 Å². The Hall–Kier alpha value is -4.14. The number of aromatic amines is 1. The summed E-state index contributed by atoms with van der Waals surface area (Å²) in [6.07, 6.45) is 10.5. The third-order valence-corrected chi connectivity index (χ3v) is 7.56. The van der Waals surface area contributed by atoms with Gasteiger partial charge in [-0.3, -0.25) is 9.59 Å². The number of halogens is 1. The van der Waals surface area contributed by atoms with Gasteiger partial charge in [0.15, 0.2) is 0 Å². The lowest BCUT2D eigenvalue weighted by Gasteiger charge is -2.31. The van der Waals surface area contributed by atoms with Crippen molar-refractivity contribution in [3.05, 3.63) is 89.9 Å². The van der Waals surface area contributed by atoms with Gasteiger partial charge in [-0.2, -0.15) is 0 Å². The molecule has 1 fully saturated rings. The number of hydrogen-bond donors (Lipinski definition) is 4. The van der Waals surface area contributed by atoms with Crippen molar-refractivity contribution in [1.29, 1.82) is 0 Å². The van der Waals surface area contributed by atoms with Gasteiger partial charge < -0.3 is 25.8 Å². The highest BCUT2D eigenvalue weighted by molar-refractivity contribution is 6.34. The third-order valence-electron chi connectivity index (χ3n) is 7.23. The number of nitrogens with zero attached hydrogens (tertiary/aromatic N) is 2. The van der Waals surface area contributed by atoms with E-state index in [1.54, 1.807) is 18.2 Å². The summed E-state index contributed by atoms with van der Waals surface area (Å²) >= 11 is 6.61. The van der Waals surface area contributed by atoms with Gasteiger partial charge in [-0.1, -0.05) is 35.9 Å². The minimum Gasteiger partial charge on any atom is -0.382 e. The third kappa shape index (κ3) is 7.34. The van der Waals surface area contributed by atoms with E-state index in [0.29, 0.717) is 22.9 Å². The second-order valence-corrected chi connectivity index (χ2v) is 11.1. The monoisotopic (exact) mass is 570 g/mol. The van der Waals surface area contributed by atoms with Crippen molar-refractivity contribution in [3.8, 4) is 11.1 Å². The van der Waals surface area contributed by atoms with Crippen LogP contribution in [-0.4, -0.2) is 59.4 Å². The number of anilines is 2. The minimum atomic E-state index is -0.235. The Morgan fingerprint density at radius 2 is 1.85 bits per heavy atom. The molecular weight excluding hydrogens is 536 g/mol. The summed E-state index contributed by atoms with van der Waals surface area (Å²) in [5, 5.41) is 11.4. The normalized spacial score (nSPS) is 17.2. The van der Waals surface area contributed by atoms with Crippen molar-refractivity contribution < 1.29 is 9.59 Å². The van der Waals surface area contributed by atoms with Crippen LogP contribution in [0.5, 0.6) is 0 Å². The molecule has 2 heterocycles. The molecule has 2 amide bonds. The first-order chi connectivity index (χ1) is 19.9. The van der Waals surface area contributed by atoms with Gasteiger partial charge in [0.2, 0.25) is 5.91 Å². The molecule has 1 aliphatic rings. The molecule has 0 saturated heterocycles. The Labute approximate surface area is 245 Å². The lowest BCUT2D eigenvalue weighted by atomic mass is 9.90.